The van der Waals surface area contributed by atoms with Crippen LogP contribution < -0.4 is 5.49 Å². The molecule has 0 fully saturated rings. The van der Waals surface area contributed by atoms with Crippen LogP contribution in [0.5, 0.6) is 0 Å². The van der Waals surface area contributed by atoms with Gasteiger partial charge in [0.05, 0.1) is 6.42 Å². The molecule has 1 amide bonds. The van der Waals surface area contributed by atoms with Crippen LogP contribution in [0.2, 0.25) is 5.02 Å². The molecule has 0 unspecified atom stereocenters. The minimum Gasteiger partial charge on any atom is -0.328 e. The van der Waals surface area contributed by atoms with Crippen molar-refractivity contribution in [3.8, 4) is 0 Å². The Labute approximate surface area is 145 Å². The lowest BCUT2D eigenvalue weighted by Gasteiger charge is -2.07. The molecule has 0 N–H and O–H groups in total. The minimum absolute atomic E-state index is 0.194. The first-order valence-electron chi connectivity index (χ1n) is 7.73. The predicted octanol–water partition coefficient (Wildman–Crippen LogP) is 3.86. The largest absolute Gasteiger partial charge is 0.328 e. The Kier molecular flexibility index (Phi) is 5.24. The number of hydrogen-bond donors (Lipinski definition) is 0. The average molecular weight is 337 g/mol. The van der Waals surface area contributed by atoms with Crippen molar-refractivity contribution in [2.75, 3.05) is 0 Å². The van der Waals surface area contributed by atoms with Crippen LogP contribution in [-0.4, -0.2) is 10.5 Å². The van der Waals surface area contributed by atoms with Crippen LogP contribution in [0.25, 0.3) is 0 Å². The van der Waals surface area contributed by atoms with E-state index in [1.54, 1.807) is 6.07 Å². The molecule has 3 nitrogen and oxygen atoms in total. The second-order valence-corrected chi connectivity index (χ2v) is 5.85. The second kappa shape index (κ2) is 7.75. The highest BCUT2D eigenvalue weighted by Gasteiger charge is 2.06. The van der Waals surface area contributed by atoms with E-state index in [2.05, 4.69) is 17.1 Å². The smallest absolute Gasteiger partial charge is 0.252 e. The molecular formula is C20H17ClN2O. The number of benzene rings is 2. The summed E-state index contributed by atoms with van der Waals surface area (Å²) in [7, 11) is 0. The minimum atomic E-state index is -0.212. The van der Waals surface area contributed by atoms with Crippen molar-refractivity contribution in [2.45, 2.75) is 13.0 Å². The van der Waals surface area contributed by atoms with Crippen LogP contribution >= 0.6 is 11.6 Å². The number of amides is 1. The van der Waals surface area contributed by atoms with Crippen molar-refractivity contribution in [1.29, 1.82) is 0 Å². The van der Waals surface area contributed by atoms with Gasteiger partial charge in [-0.25, -0.2) is 0 Å². The van der Waals surface area contributed by atoms with Gasteiger partial charge >= 0.3 is 0 Å². The van der Waals surface area contributed by atoms with E-state index in [1.165, 1.54) is 0 Å². The molecule has 2 aromatic carbocycles. The molecule has 1 heterocycles. The third kappa shape index (κ3) is 4.21. The van der Waals surface area contributed by atoms with Crippen LogP contribution in [0.1, 0.15) is 11.1 Å². The van der Waals surface area contributed by atoms with E-state index in [9.17, 15) is 4.79 Å². The summed E-state index contributed by atoms with van der Waals surface area (Å²) in [6, 6.07) is 23.1. The standard InChI is InChI=1S/C20H17ClN2O/c21-18-11-5-4-10-17(18)14-20(24)22-19-12-6-7-13-23(19)15-16-8-2-1-3-9-16/h1-13H,14-15H2. The normalized spacial score (nSPS) is 11.5. The molecule has 0 spiro atoms. The third-order valence-electron chi connectivity index (χ3n) is 3.65. The molecule has 0 saturated carbocycles. The Morgan fingerprint density at radius 2 is 1.62 bits per heavy atom. The van der Waals surface area contributed by atoms with E-state index in [4.69, 9.17) is 11.6 Å². The number of hydrogen-bond acceptors (Lipinski definition) is 1. The molecule has 1 aromatic heterocycles. The first kappa shape index (κ1) is 16.2. The molecule has 3 aromatic rings. The Balaban J connectivity index is 1.85. The highest BCUT2D eigenvalue weighted by Crippen LogP contribution is 2.15. The van der Waals surface area contributed by atoms with Crippen molar-refractivity contribution >= 4 is 17.5 Å². The summed E-state index contributed by atoms with van der Waals surface area (Å²) in [4.78, 5) is 16.6. The molecule has 3 rings (SSSR count). The van der Waals surface area contributed by atoms with Gasteiger partial charge in [-0.05, 0) is 29.3 Å². The molecule has 0 bridgehead atoms. The van der Waals surface area contributed by atoms with E-state index in [0.717, 1.165) is 11.1 Å². The number of pyridine rings is 1. The van der Waals surface area contributed by atoms with E-state index >= 15 is 0 Å². The monoisotopic (exact) mass is 336 g/mol. The predicted molar refractivity (Wildman–Crippen MR) is 95.7 cm³/mol. The first-order valence-corrected chi connectivity index (χ1v) is 8.10. The maximum Gasteiger partial charge on any atom is 0.252 e. The average Bonchev–Trinajstić information content (AvgIpc) is 2.60. The van der Waals surface area contributed by atoms with Crippen molar-refractivity contribution in [3.05, 3.63) is 101 Å². The maximum atomic E-state index is 12.3. The second-order valence-electron chi connectivity index (χ2n) is 5.45. The molecule has 24 heavy (non-hydrogen) atoms. The molecule has 0 atom stereocenters. The molecule has 0 aliphatic carbocycles. The van der Waals surface area contributed by atoms with Crippen molar-refractivity contribution < 1.29 is 4.79 Å². The number of carbonyl (C=O) groups is 1. The molecule has 4 heteroatoms. The summed E-state index contributed by atoms with van der Waals surface area (Å²) in [5, 5.41) is 0.589. The molecule has 0 saturated heterocycles. The highest BCUT2D eigenvalue weighted by molar-refractivity contribution is 6.31. The first-order chi connectivity index (χ1) is 11.7. The number of aromatic nitrogens is 1. The van der Waals surface area contributed by atoms with Crippen molar-refractivity contribution in [3.63, 3.8) is 0 Å². The Morgan fingerprint density at radius 1 is 0.917 bits per heavy atom. The number of rotatable bonds is 4. The van der Waals surface area contributed by atoms with E-state index in [-0.39, 0.29) is 12.3 Å². The fourth-order valence-electron chi connectivity index (χ4n) is 2.45. The zero-order valence-corrected chi connectivity index (χ0v) is 13.9. The lowest BCUT2D eigenvalue weighted by Crippen LogP contribution is -2.22. The van der Waals surface area contributed by atoms with Crippen LogP contribution in [0.3, 0.4) is 0 Å². The van der Waals surface area contributed by atoms with Gasteiger partial charge in [0.25, 0.3) is 5.91 Å². The van der Waals surface area contributed by atoms with Gasteiger partial charge in [0.2, 0.25) is 0 Å². The Bertz CT molecular complexity index is 901. The molecule has 0 radical (unpaired) electrons. The number of nitrogens with zero attached hydrogens (tertiary/aromatic N) is 2. The fraction of sp³-hybridized carbons (Fsp3) is 0.100. The summed E-state index contributed by atoms with van der Waals surface area (Å²) in [5.41, 5.74) is 2.58. The maximum absolute atomic E-state index is 12.3. The van der Waals surface area contributed by atoms with Gasteiger partial charge in [0, 0.05) is 17.8 Å². The van der Waals surface area contributed by atoms with E-state index < -0.39 is 0 Å². The lowest BCUT2D eigenvalue weighted by atomic mass is 10.1. The number of halogens is 1. The van der Waals surface area contributed by atoms with Crippen LogP contribution in [0.4, 0.5) is 0 Å². The van der Waals surface area contributed by atoms with Gasteiger partial charge in [0.1, 0.15) is 5.49 Å². The molecular weight excluding hydrogens is 320 g/mol. The topological polar surface area (TPSA) is 34.4 Å². The quantitative estimate of drug-likeness (QED) is 0.712. The van der Waals surface area contributed by atoms with Gasteiger partial charge in [-0.1, -0.05) is 66.2 Å². The van der Waals surface area contributed by atoms with E-state index in [0.29, 0.717) is 17.1 Å². The van der Waals surface area contributed by atoms with Gasteiger partial charge < -0.3 is 4.57 Å². The summed E-state index contributed by atoms with van der Waals surface area (Å²) in [5.74, 6) is -0.212. The summed E-state index contributed by atoms with van der Waals surface area (Å²) < 4.78 is 1.96. The van der Waals surface area contributed by atoms with Crippen LogP contribution in [0.15, 0.2) is 84.0 Å². The highest BCUT2D eigenvalue weighted by atomic mass is 35.5. The Hall–Kier alpha value is -2.65. The summed E-state index contributed by atoms with van der Waals surface area (Å²) >= 11 is 6.11. The lowest BCUT2D eigenvalue weighted by molar-refractivity contribution is -0.117. The van der Waals surface area contributed by atoms with Crippen molar-refractivity contribution in [2.24, 2.45) is 4.99 Å². The molecule has 120 valence electrons. The third-order valence-corrected chi connectivity index (χ3v) is 4.02. The number of carbonyl (C=O) groups excluding carboxylic acids is 1. The summed E-state index contributed by atoms with van der Waals surface area (Å²) in [6.45, 7) is 0.667. The van der Waals surface area contributed by atoms with Gasteiger partial charge in [-0.2, -0.15) is 4.99 Å². The van der Waals surface area contributed by atoms with Gasteiger partial charge in [-0.3, -0.25) is 4.79 Å². The fourth-order valence-corrected chi connectivity index (χ4v) is 2.66. The van der Waals surface area contributed by atoms with Gasteiger partial charge in [0.15, 0.2) is 0 Å². The van der Waals surface area contributed by atoms with Crippen molar-refractivity contribution in [1.82, 2.24) is 4.57 Å². The van der Waals surface area contributed by atoms with Gasteiger partial charge in [-0.15, -0.1) is 0 Å². The summed E-state index contributed by atoms with van der Waals surface area (Å²) in [6.07, 6.45) is 2.12. The van der Waals surface area contributed by atoms with Crippen LogP contribution in [-0.2, 0) is 17.8 Å². The zero-order chi connectivity index (χ0) is 16.8. The Morgan fingerprint density at radius 3 is 2.42 bits per heavy atom. The van der Waals surface area contributed by atoms with Crippen LogP contribution in [0, 0.1) is 0 Å². The van der Waals surface area contributed by atoms with E-state index in [1.807, 2.05) is 65.4 Å². The zero-order valence-electron chi connectivity index (χ0n) is 13.1. The SMILES string of the molecule is O=C(Cc1ccccc1Cl)N=c1ccccn1Cc1ccccc1. The molecule has 0 aliphatic rings. The molecule has 0 aliphatic heterocycles.